The van der Waals surface area contributed by atoms with E-state index in [-0.39, 0.29) is 0 Å². The topological polar surface area (TPSA) is 0 Å². The van der Waals surface area contributed by atoms with Gasteiger partial charge in [-0.15, -0.1) is 0 Å². The van der Waals surface area contributed by atoms with E-state index in [0.717, 1.165) is 0 Å². The maximum absolute atomic E-state index is 2.44. The summed E-state index contributed by atoms with van der Waals surface area (Å²) in [6.45, 7) is 7.15. The molecular weight excluding hydrogens is 220 g/mol. The second-order valence-corrected chi connectivity index (χ2v) is 8.00. The first-order valence-corrected chi connectivity index (χ1v) is 9.63. The van der Waals surface area contributed by atoms with E-state index in [1.165, 1.54) is 30.0 Å². The molecule has 0 aliphatic heterocycles. The van der Waals surface area contributed by atoms with Crippen LogP contribution in [0.15, 0.2) is 36.4 Å². The Bertz CT molecular complexity index is 500. The zero-order valence-corrected chi connectivity index (χ0v) is 12.3. The molecule has 0 N–H and O–H groups in total. The van der Waals surface area contributed by atoms with Crippen LogP contribution in [0.3, 0.4) is 0 Å². The largest absolute Gasteiger partial charge is 0.0682 e. The molecule has 0 amide bonds. The molecule has 0 spiro atoms. The summed E-state index contributed by atoms with van der Waals surface area (Å²) in [4.78, 5) is 0. The van der Waals surface area contributed by atoms with Crippen molar-refractivity contribution in [3.05, 3.63) is 42.0 Å². The highest BCUT2D eigenvalue weighted by Crippen LogP contribution is 2.16. The second kappa shape index (κ2) is 5.50. The summed E-state index contributed by atoms with van der Waals surface area (Å²) in [7, 11) is -0.761. The fourth-order valence-corrected chi connectivity index (χ4v) is 4.47. The van der Waals surface area contributed by atoms with E-state index >= 15 is 0 Å². The van der Waals surface area contributed by atoms with Gasteiger partial charge < -0.3 is 0 Å². The highest BCUT2D eigenvalue weighted by molar-refractivity contribution is 6.73. The first-order valence-electron chi connectivity index (χ1n) is 6.74. The zero-order chi connectivity index (χ0) is 12.3. The molecule has 90 valence electrons. The molecule has 0 heterocycles. The van der Waals surface area contributed by atoms with E-state index in [1.807, 2.05) is 0 Å². The summed E-state index contributed by atoms with van der Waals surface area (Å²) in [6, 6.07) is 13.5. The third kappa shape index (κ3) is 2.60. The molecule has 0 aliphatic carbocycles. The number of unbranched alkanes of at least 4 members (excludes halogenated alkanes) is 1. The van der Waals surface area contributed by atoms with Gasteiger partial charge in [-0.3, -0.25) is 0 Å². The third-order valence-corrected chi connectivity index (χ3v) is 5.27. The minimum atomic E-state index is -0.761. The molecule has 2 aromatic rings. The standard InChI is InChI=1S/C16H22Si/c1-4-5-8-14-12-11-13-9-6-7-10-15(13)16(14)17(2)3/h6-7,9-12,17H,4-5,8H2,1-3H3. The Morgan fingerprint density at radius 1 is 1.00 bits per heavy atom. The average Bonchev–Trinajstić information content (AvgIpc) is 2.35. The van der Waals surface area contributed by atoms with E-state index in [9.17, 15) is 0 Å². The molecule has 0 aliphatic rings. The lowest BCUT2D eigenvalue weighted by Crippen LogP contribution is -2.27. The minimum absolute atomic E-state index is 0.761. The second-order valence-electron chi connectivity index (χ2n) is 5.12. The molecule has 2 aromatic carbocycles. The molecule has 1 heteroatoms. The van der Waals surface area contributed by atoms with Crippen LogP contribution in [0.25, 0.3) is 10.8 Å². The van der Waals surface area contributed by atoms with E-state index in [4.69, 9.17) is 0 Å². The summed E-state index contributed by atoms with van der Waals surface area (Å²) in [5.41, 5.74) is 1.60. The first-order chi connectivity index (χ1) is 8.24. The van der Waals surface area contributed by atoms with Crippen molar-refractivity contribution in [2.24, 2.45) is 0 Å². The lowest BCUT2D eigenvalue weighted by atomic mass is 10.0. The summed E-state index contributed by atoms with van der Waals surface area (Å²) in [5, 5.41) is 4.60. The van der Waals surface area contributed by atoms with Gasteiger partial charge in [0.1, 0.15) is 0 Å². The fraction of sp³-hybridized carbons (Fsp3) is 0.375. The van der Waals surface area contributed by atoms with Crippen LogP contribution < -0.4 is 5.19 Å². The van der Waals surface area contributed by atoms with E-state index in [1.54, 1.807) is 10.8 Å². The van der Waals surface area contributed by atoms with Crippen LogP contribution in [0.5, 0.6) is 0 Å². The van der Waals surface area contributed by atoms with Crippen LogP contribution in [0, 0.1) is 0 Å². The molecule has 2 rings (SSSR count). The van der Waals surface area contributed by atoms with Gasteiger partial charge in [-0.05, 0) is 29.2 Å². The Morgan fingerprint density at radius 3 is 2.47 bits per heavy atom. The van der Waals surface area contributed by atoms with Crippen molar-refractivity contribution in [3.8, 4) is 0 Å². The van der Waals surface area contributed by atoms with Crippen LogP contribution in [0.2, 0.25) is 13.1 Å². The number of fused-ring (bicyclic) bond motifs is 1. The van der Waals surface area contributed by atoms with Crippen molar-refractivity contribution in [2.75, 3.05) is 0 Å². The molecule has 0 unspecified atom stereocenters. The van der Waals surface area contributed by atoms with Crippen molar-refractivity contribution >= 4 is 24.8 Å². The molecule has 0 fully saturated rings. The Balaban J connectivity index is 2.56. The van der Waals surface area contributed by atoms with Gasteiger partial charge >= 0.3 is 0 Å². The van der Waals surface area contributed by atoms with Crippen molar-refractivity contribution < 1.29 is 0 Å². The monoisotopic (exact) mass is 242 g/mol. The summed E-state index contributed by atoms with van der Waals surface area (Å²) >= 11 is 0. The Labute approximate surface area is 106 Å². The SMILES string of the molecule is CCCCc1ccc2ccccc2c1[SiH](C)C. The van der Waals surface area contributed by atoms with Gasteiger partial charge in [-0.1, -0.05) is 68.0 Å². The third-order valence-electron chi connectivity index (χ3n) is 3.44. The maximum Gasteiger partial charge on any atom is 0.0659 e. The summed E-state index contributed by atoms with van der Waals surface area (Å²) < 4.78 is 0. The molecule has 0 atom stereocenters. The Kier molecular flexibility index (Phi) is 4.00. The molecule has 0 nitrogen and oxygen atoms in total. The van der Waals surface area contributed by atoms with Crippen LogP contribution in [-0.2, 0) is 6.42 Å². The fourth-order valence-electron chi connectivity index (χ4n) is 2.61. The van der Waals surface area contributed by atoms with Crippen LogP contribution in [-0.4, -0.2) is 8.80 Å². The molecule has 0 saturated heterocycles. The van der Waals surface area contributed by atoms with Crippen molar-refractivity contribution in [3.63, 3.8) is 0 Å². The minimum Gasteiger partial charge on any atom is -0.0682 e. The van der Waals surface area contributed by atoms with Crippen LogP contribution >= 0.6 is 0 Å². The van der Waals surface area contributed by atoms with Gasteiger partial charge in [0.15, 0.2) is 0 Å². The number of benzene rings is 2. The lowest BCUT2D eigenvalue weighted by Gasteiger charge is -2.15. The zero-order valence-electron chi connectivity index (χ0n) is 11.2. The highest BCUT2D eigenvalue weighted by Gasteiger charge is 2.11. The molecule has 0 saturated carbocycles. The summed E-state index contributed by atoms with van der Waals surface area (Å²) in [5.74, 6) is 0. The van der Waals surface area contributed by atoms with E-state index in [0.29, 0.717) is 0 Å². The van der Waals surface area contributed by atoms with Gasteiger partial charge in [0.05, 0.1) is 8.80 Å². The van der Waals surface area contributed by atoms with Crippen LogP contribution in [0.1, 0.15) is 25.3 Å². The predicted octanol–water partition coefficient (Wildman–Crippen LogP) is 3.88. The predicted molar refractivity (Wildman–Crippen MR) is 81.1 cm³/mol. The van der Waals surface area contributed by atoms with E-state index < -0.39 is 8.80 Å². The number of hydrogen-bond acceptors (Lipinski definition) is 0. The summed E-state index contributed by atoms with van der Waals surface area (Å²) in [6.07, 6.45) is 3.85. The van der Waals surface area contributed by atoms with Gasteiger partial charge in [-0.25, -0.2) is 0 Å². The first kappa shape index (κ1) is 12.4. The lowest BCUT2D eigenvalue weighted by molar-refractivity contribution is 0.798. The number of rotatable bonds is 4. The van der Waals surface area contributed by atoms with Gasteiger partial charge in [0, 0.05) is 0 Å². The molecule has 0 radical (unpaired) electrons. The van der Waals surface area contributed by atoms with Crippen molar-refractivity contribution in [1.29, 1.82) is 0 Å². The van der Waals surface area contributed by atoms with Crippen molar-refractivity contribution in [1.82, 2.24) is 0 Å². The normalized spacial score (nSPS) is 11.3. The maximum atomic E-state index is 2.44. The molecule has 0 aromatic heterocycles. The quantitative estimate of drug-likeness (QED) is 0.714. The number of hydrogen-bond donors (Lipinski definition) is 0. The van der Waals surface area contributed by atoms with Crippen LogP contribution in [0.4, 0.5) is 0 Å². The highest BCUT2D eigenvalue weighted by atomic mass is 28.3. The molecular formula is C16H22Si. The van der Waals surface area contributed by atoms with E-state index in [2.05, 4.69) is 56.4 Å². The Morgan fingerprint density at radius 2 is 1.76 bits per heavy atom. The number of aryl methyl sites for hydroxylation is 1. The van der Waals surface area contributed by atoms with Gasteiger partial charge in [0.2, 0.25) is 0 Å². The average molecular weight is 242 g/mol. The van der Waals surface area contributed by atoms with Gasteiger partial charge in [-0.2, -0.15) is 0 Å². The Hall–Kier alpha value is -1.08. The van der Waals surface area contributed by atoms with Crippen molar-refractivity contribution in [2.45, 2.75) is 39.3 Å². The smallest absolute Gasteiger partial charge is 0.0659 e. The molecule has 17 heavy (non-hydrogen) atoms. The van der Waals surface area contributed by atoms with Gasteiger partial charge in [0.25, 0.3) is 0 Å². The molecule has 0 bridgehead atoms.